The van der Waals surface area contributed by atoms with Crippen molar-refractivity contribution in [1.29, 1.82) is 0 Å². The Morgan fingerprint density at radius 3 is 2.45 bits per heavy atom. The summed E-state index contributed by atoms with van der Waals surface area (Å²) in [5.74, 6) is -4.33. The molecule has 0 radical (unpaired) electrons. The second kappa shape index (κ2) is 7.31. The van der Waals surface area contributed by atoms with Crippen LogP contribution in [0.4, 0.5) is 0 Å². The predicted octanol–water partition coefficient (Wildman–Crippen LogP) is -3.22. The molecule has 0 saturated carbocycles. The lowest BCUT2D eigenvalue weighted by Gasteiger charge is -2.46. The quantitative estimate of drug-likeness (QED) is 0.295. The van der Waals surface area contributed by atoms with E-state index in [9.17, 15) is 30.0 Å². The minimum absolute atomic E-state index is 0.498. The first kappa shape index (κ1) is 18.7. The van der Waals surface area contributed by atoms with E-state index in [1.54, 1.807) is 0 Å². The van der Waals surface area contributed by atoms with Gasteiger partial charge in [0, 0.05) is 20.5 Å². The average Bonchev–Trinajstić information content (AvgIpc) is 2.46. The number of carbonyl (C=O) groups excluding carboxylic acids is 1. The first-order valence-corrected chi connectivity index (χ1v) is 6.57. The van der Waals surface area contributed by atoms with Crippen LogP contribution in [0.25, 0.3) is 0 Å². The summed E-state index contributed by atoms with van der Waals surface area (Å²) in [6.07, 6.45) is -6.84. The van der Waals surface area contributed by atoms with Gasteiger partial charge in [0.25, 0.3) is 5.79 Å². The molecule has 1 saturated heterocycles. The summed E-state index contributed by atoms with van der Waals surface area (Å²) < 4.78 is 10.0. The Bertz CT molecular complexity index is 417. The van der Waals surface area contributed by atoms with Crippen molar-refractivity contribution in [2.75, 3.05) is 13.7 Å². The molecule has 0 aromatic heterocycles. The van der Waals surface area contributed by atoms with Crippen LogP contribution in [0.2, 0.25) is 0 Å². The highest BCUT2D eigenvalue weighted by Gasteiger charge is 2.55. The monoisotopic (exact) mass is 323 g/mol. The molecule has 1 aliphatic rings. The normalized spacial score (nSPS) is 34.7. The molecule has 0 aromatic rings. The summed E-state index contributed by atoms with van der Waals surface area (Å²) in [7, 11) is 1.05. The molecule has 0 bridgehead atoms. The number of ether oxygens (including phenoxy) is 2. The van der Waals surface area contributed by atoms with Crippen LogP contribution in [0.3, 0.4) is 0 Å². The lowest BCUT2D eigenvalue weighted by atomic mass is 9.88. The Balaban J connectivity index is 3.14. The molecule has 128 valence electrons. The molecular weight excluding hydrogens is 302 g/mol. The Hall–Kier alpha value is -1.30. The lowest BCUT2D eigenvalue weighted by molar-refractivity contribution is -0.303. The van der Waals surface area contributed by atoms with Crippen LogP contribution in [0, 0.1) is 0 Å². The number of carbonyl (C=O) groups is 2. The van der Waals surface area contributed by atoms with Crippen LogP contribution in [0.1, 0.15) is 13.3 Å². The highest BCUT2D eigenvalue weighted by molar-refractivity contribution is 5.76. The molecule has 1 aliphatic heterocycles. The van der Waals surface area contributed by atoms with E-state index in [4.69, 9.17) is 14.6 Å². The maximum Gasteiger partial charge on any atom is 0.364 e. The number of nitrogens with one attached hydrogen (secondary N) is 1. The zero-order valence-corrected chi connectivity index (χ0v) is 12.2. The third-order valence-electron chi connectivity index (χ3n) is 3.52. The van der Waals surface area contributed by atoms with E-state index in [1.165, 1.54) is 0 Å². The van der Waals surface area contributed by atoms with E-state index in [1.807, 2.05) is 0 Å². The summed E-state index contributed by atoms with van der Waals surface area (Å²) >= 11 is 0. The standard InChI is InChI=1S/C12H21NO9/c1-5(15)13-8-6(16)3-12(21-2,11(19)20)22-10(8)9(18)7(17)4-14/h6-10,14,16-18H,3-4H2,1-2H3,(H,13,15)(H,19,20)/t6?,7-,8-,9-,10?,12-/m1/s1. The summed E-state index contributed by atoms with van der Waals surface area (Å²) in [5.41, 5.74) is 0. The van der Waals surface area contributed by atoms with Crippen molar-refractivity contribution in [3.63, 3.8) is 0 Å². The van der Waals surface area contributed by atoms with Gasteiger partial charge in [-0.25, -0.2) is 4.79 Å². The first-order valence-electron chi connectivity index (χ1n) is 6.57. The SMILES string of the molecule is CO[C@]1(C(=O)O)CC(O)[C@@H](NC(C)=O)C([C@H](O)[C@H](O)CO)O1. The Morgan fingerprint density at radius 1 is 1.45 bits per heavy atom. The van der Waals surface area contributed by atoms with Crippen molar-refractivity contribution in [2.45, 2.75) is 49.6 Å². The van der Waals surface area contributed by atoms with E-state index >= 15 is 0 Å². The maximum atomic E-state index is 11.3. The van der Waals surface area contributed by atoms with Gasteiger partial charge in [0.15, 0.2) is 0 Å². The van der Waals surface area contributed by atoms with Crippen molar-refractivity contribution in [1.82, 2.24) is 5.32 Å². The number of aliphatic hydroxyl groups excluding tert-OH is 4. The number of hydrogen-bond acceptors (Lipinski definition) is 8. The van der Waals surface area contributed by atoms with Crippen molar-refractivity contribution in [2.24, 2.45) is 0 Å². The largest absolute Gasteiger partial charge is 0.477 e. The van der Waals surface area contributed by atoms with Gasteiger partial charge in [0.05, 0.1) is 18.8 Å². The van der Waals surface area contributed by atoms with E-state index in [0.29, 0.717) is 0 Å². The Labute approximate surface area is 126 Å². The average molecular weight is 323 g/mol. The number of carboxylic acid groups (broad SMARTS) is 1. The summed E-state index contributed by atoms with van der Waals surface area (Å²) in [5, 5.41) is 50.1. The van der Waals surface area contributed by atoms with E-state index in [2.05, 4.69) is 5.32 Å². The summed E-state index contributed by atoms with van der Waals surface area (Å²) in [4.78, 5) is 22.6. The summed E-state index contributed by atoms with van der Waals surface area (Å²) in [6, 6.07) is -1.18. The lowest BCUT2D eigenvalue weighted by Crippen LogP contribution is -2.67. The molecule has 22 heavy (non-hydrogen) atoms. The van der Waals surface area contributed by atoms with Crippen LogP contribution < -0.4 is 5.32 Å². The van der Waals surface area contributed by atoms with E-state index in [0.717, 1.165) is 14.0 Å². The first-order chi connectivity index (χ1) is 10.2. The predicted molar refractivity (Wildman–Crippen MR) is 69.6 cm³/mol. The third kappa shape index (κ3) is 3.72. The fourth-order valence-corrected chi connectivity index (χ4v) is 2.34. The van der Waals surface area contributed by atoms with Gasteiger partial charge in [-0.1, -0.05) is 0 Å². The topological polar surface area (TPSA) is 166 Å². The Morgan fingerprint density at radius 2 is 2.05 bits per heavy atom. The minimum Gasteiger partial charge on any atom is -0.477 e. The number of amides is 1. The van der Waals surface area contributed by atoms with Gasteiger partial charge in [0.2, 0.25) is 5.91 Å². The zero-order valence-electron chi connectivity index (χ0n) is 12.2. The van der Waals surface area contributed by atoms with Crippen molar-refractivity contribution in [3.05, 3.63) is 0 Å². The van der Waals surface area contributed by atoms with Crippen LogP contribution >= 0.6 is 0 Å². The maximum absolute atomic E-state index is 11.3. The Kier molecular flexibility index (Phi) is 6.23. The highest BCUT2D eigenvalue weighted by atomic mass is 16.7. The van der Waals surface area contributed by atoms with Crippen LogP contribution in [-0.4, -0.2) is 87.4 Å². The molecule has 0 aromatic carbocycles. The molecule has 0 spiro atoms. The number of carboxylic acids is 1. The number of hydrogen-bond donors (Lipinski definition) is 6. The summed E-state index contributed by atoms with van der Waals surface area (Å²) in [6.45, 7) is 0.338. The van der Waals surface area contributed by atoms with Gasteiger partial charge in [-0.3, -0.25) is 4.79 Å². The van der Waals surface area contributed by atoms with Gasteiger partial charge in [-0.15, -0.1) is 0 Å². The van der Waals surface area contributed by atoms with Gasteiger partial charge in [-0.2, -0.15) is 0 Å². The highest BCUT2D eigenvalue weighted by Crippen LogP contribution is 2.32. The molecule has 1 amide bonds. The molecule has 10 heteroatoms. The fraction of sp³-hybridized carbons (Fsp3) is 0.833. The molecule has 6 N–H and O–H groups in total. The van der Waals surface area contributed by atoms with Crippen LogP contribution in [-0.2, 0) is 19.1 Å². The van der Waals surface area contributed by atoms with Crippen LogP contribution in [0.15, 0.2) is 0 Å². The third-order valence-corrected chi connectivity index (χ3v) is 3.52. The molecule has 0 aliphatic carbocycles. The number of rotatable bonds is 6. The zero-order chi connectivity index (χ0) is 17.1. The van der Waals surface area contributed by atoms with Crippen LogP contribution in [0.5, 0.6) is 0 Å². The van der Waals surface area contributed by atoms with Gasteiger partial charge in [-0.05, 0) is 0 Å². The van der Waals surface area contributed by atoms with Gasteiger partial charge >= 0.3 is 5.97 Å². The van der Waals surface area contributed by atoms with Crippen molar-refractivity contribution >= 4 is 11.9 Å². The molecule has 1 fully saturated rings. The number of aliphatic carboxylic acids is 1. The van der Waals surface area contributed by atoms with Crippen molar-refractivity contribution in [3.8, 4) is 0 Å². The molecule has 6 atom stereocenters. The molecule has 1 heterocycles. The number of methoxy groups -OCH3 is 1. The van der Waals surface area contributed by atoms with E-state index < -0.39 is 61.1 Å². The molecule has 2 unspecified atom stereocenters. The molecular formula is C12H21NO9. The second-order valence-corrected chi connectivity index (χ2v) is 5.08. The molecule has 1 rings (SSSR count). The van der Waals surface area contributed by atoms with Crippen molar-refractivity contribution < 1.29 is 44.6 Å². The smallest absolute Gasteiger partial charge is 0.364 e. The minimum atomic E-state index is -2.24. The van der Waals surface area contributed by atoms with Gasteiger partial charge < -0.3 is 40.3 Å². The number of aliphatic hydroxyl groups is 4. The molecule has 10 nitrogen and oxygen atoms in total. The second-order valence-electron chi connectivity index (χ2n) is 5.08. The van der Waals surface area contributed by atoms with E-state index in [-0.39, 0.29) is 0 Å². The van der Waals surface area contributed by atoms with Gasteiger partial charge in [0.1, 0.15) is 18.3 Å². The fourth-order valence-electron chi connectivity index (χ4n) is 2.34.